The van der Waals surface area contributed by atoms with Gasteiger partial charge in [0, 0.05) is 0 Å². The molecule has 5 rings (SSSR count). The molecule has 0 saturated heterocycles. The molecule has 3 heteroatoms. The van der Waals surface area contributed by atoms with Crippen LogP contribution in [-0.4, -0.2) is 5.71 Å². The van der Waals surface area contributed by atoms with Crippen LogP contribution < -0.4 is 4.74 Å². The van der Waals surface area contributed by atoms with Crippen molar-refractivity contribution in [3.8, 4) is 11.5 Å². The van der Waals surface area contributed by atoms with Gasteiger partial charge in [-0.15, -0.1) is 0 Å². The first-order valence-electron chi connectivity index (χ1n) is 12.6. The Morgan fingerprint density at radius 3 is 2.45 bits per heavy atom. The maximum absolute atomic E-state index is 5.87. The van der Waals surface area contributed by atoms with E-state index in [0.29, 0.717) is 17.4 Å². The van der Waals surface area contributed by atoms with Crippen molar-refractivity contribution in [2.75, 3.05) is 0 Å². The zero-order valence-corrected chi connectivity index (χ0v) is 20.5. The number of hydrogen-bond donors (Lipinski definition) is 0. The molecule has 0 aliphatic heterocycles. The van der Waals surface area contributed by atoms with Crippen LogP contribution in [0.15, 0.2) is 71.4 Å². The monoisotopic (exact) mass is 443 g/mol. The Kier molecular flexibility index (Phi) is 5.84. The second-order valence-electron chi connectivity index (χ2n) is 11.2. The second kappa shape index (κ2) is 8.66. The summed E-state index contributed by atoms with van der Waals surface area (Å²) in [4.78, 5) is 5.74. The van der Waals surface area contributed by atoms with Crippen molar-refractivity contribution in [3.05, 3.63) is 71.8 Å². The van der Waals surface area contributed by atoms with Gasteiger partial charge in [-0.05, 0) is 97.1 Å². The highest BCUT2D eigenvalue weighted by Gasteiger charge is 2.62. The van der Waals surface area contributed by atoms with Crippen LogP contribution in [0.3, 0.4) is 0 Å². The number of allylic oxidation sites excluding steroid dienone is 2. The van der Waals surface area contributed by atoms with Crippen molar-refractivity contribution in [2.45, 2.75) is 66.4 Å². The lowest BCUT2D eigenvalue weighted by atomic mass is 9.68. The van der Waals surface area contributed by atoms with Gasteiger partial charge in [-0.25, -0.2) is 0 Å². The highest BCUT2D eigenvalue weighted by molar-refractivity contribution is 5.93. The van der Waals surface area contributed by atoms with Crippen LogP contribution in [0.2, 0.25) is 0 Å². The Balaban J connectivity index is 1.23. The third-order valence-corrected chi connectivity index (χ3v) is 8.66. The van der Waals surface area contributed by atoms with Crippen molar-refractivity contribution >= 4 is 5.71 Å². The summed E-state index contributed by atoms with van der Waals surface area (Å²) in [6.07, 6.45) is 9.17. The Morgan fingerprint density at radius 2 is 1.70 bits per heavy atom. The topological polar surface area (TPSA) is 30.8 Å². The van der Waals surface area contributed by atoms with E-state index in [1.165, 1.54) is 32.1 Å². The van der Waals surface area contributed by atoms with Gasteiger partial charge in [0.25, 0.3) is 0 Å². The molecule has 2 aromatic rings. The molecular formula is C30H37NO2. The molecule has 4 bridgehead atoms. The first-order chi connectivity index (χ1) is 15.9. The van der Waals surface area contributed by atoms with Gasteiger partial charge in [-0.2, -0.15) is 0 Å². The number of oxime groups is 1. The summed E-state index contributed by atoms with van der Waals surface area (Å²) in [7, 11) is 0. The average Bonchev–Trinajstić information content (AvgIpc) is 3.30. The van der Waals surface area contributed by atoms with Crippen molar-refractivity contribution in [3.63, 3.8) is 0 Å². The van der Waals surface area contributed by atoms with Gasteiger partial charge in [0.05, 0.1) is 5.71 Å². The molecule has 174 valence electrons. The minimum Gasteiger partial charge on any atom is -0.457 e. The largest absolute Gasteiger partial charge is 0.457 e. The lowest BCUT2D eigenvalue weighted by Crippen LogP contribution is -2.28. The third-order valence-electron chi connectivity index (χ3n) is 8.66. The van der Waals surface area contributed by atoms with E-state index < -0.39 is 0 Å². The molecule has 3 aliphatic carbocycles. The van der Waals surface area contributed by atoms with Crippen LogP contribution in [0.5, 0.6) is 11.5 Å². The Hall–Kier alpha value is -2.55. The molecule has 4 atom stereocenters. The summed E-state index contributed by atoms with van der Waals surface area (Å²) in [6.45, 7) is 10.1. The normalized spacial score (nSPS) is 31.5. The molecule has 0 heterocycles. The quantitative estimate of drug-likeness (QED) is 0.333. The summed E-state index contributed by atoms with van der Waals surface area (Å²) < 4.78 is 5.87. The van der Waals surface area contributed by atoms with Gasteiger partial charge in [-0.3, -0.25) is 0 Å². The minimum absolute atomic E-state index is 0.354. The molecule has 3 aliphatic rings. The predicted molar refractivity (Wildman–Crippen MR) is 134 cm³/mol. The highest BCUT2D eigenvalue weighted by atomic mass is 16.6. The van der Waals surface area contributed by atoms with Gasteiger partial charge in [-0.1, -0.05) is 68.3 Å². The molecule has 0 unspecified atom stereocenters. The number of hydrogen-bond acceptors (Lipinski definition) is 3. The maximum Gasteiger partial charge on any atom is 0.142 e. The number of ether oxygens (including phenoxy) is 1. The maximum atomic E-state index is 5.87. The average molecular weight is 444 g/mol. The van der Waals surface area contributed by atoms with E-state index in [2.05, 4.69) is 38.9 Å². The van der Waals surface area contributed by atoms with Crippen molar-refractivity contribution in [1.82, 2.24) is 0 Å². The summed E-state index contributed by atoms with van der Waals surface area (Å²) in [6, 6.07) is 17.9. The summed E-state index contributed by atoms with van der Waals surface area (Å²) in [5, 5.41) is 4.47. The molecule has 0 aromatic heterocycles. The molecule has 33 heavy (non-hydrogen) atoms. The van der Waals surface area contributed by atoms with Crippen molar-refractivity contribution in [1.29, 1.82) is 0 Å². The van der Waals surface area contributed by atoms with Crippen LogP contribution in [-0.2, 0) is 11.4 Å². The predicted octanol–water partition coefficient (Wildman–Crippen LogP) is 8.17. The number of rotatable bonds is 6. The summed E-state index contributed by atoms with van der Waals surface area (Å²) in [5.74, 6) is 4.08. The van der Waals surface area contributed by atoms with Crippen LogP contribution in [0, 0.1) is 28.6 Å². The lowest BCUT2D eigenvalue weighted by molar-refractivity contribution is 0.130. The first-order valence-corrected chi connectivity index (χ1v) is 12.6. The van der Waals surface area contributed by atoms with Gasteiger partial charge < -0.3 is 9.57 Å². The number of benzene rings is 2. The smallest absolute Gasteiger partial charge is 0.142 e. The Labute approximate surface area is 198 Å². The fourth-order valence-corrected chi connectivity index (χ4v) is 7.21. The molecule has 0 spiro atoms. The lowest BCUT2D eigenvalue weighted by Gasteiger charge is -2.36. The standard InChI is InChI=1S/C30H37NO2/c1-21(19-27-25-15-16-26-28(25)29(2,3)17-8-18-30(26,27)4)31-32-20-22-11-13-24(14-12-22)33-23-9-6-5-7-10-23/h5-7,9-14,19,25-26,28H,8,15-18,20H2,1-4H3/b27-19-,31-21+/t25-,26-,28-,30+/m1/s1. The fourth-order valence-electron chi connectivity index (χ4n) is 7.21. The van der Waals surface area contributed by atoms with E-state index in [1.54, 1.807) is 5.57 Å². The molecule has 3 fully saturated rings. The molecule has 0 amide bonds. The van der Waals surface area contributed by atoms with E-state index in [0.717, 1.165) is 40.5 Å². The number of para-hydroxylation sites is 1. The minimum atomic E-state index is 0.354. The third kappa shape index (κ3) is 4.23. The SMILES string of the molecule is CC(/C=C1/[C@H]2CC[C@@H]3[C@@H]2C(C)(C)CCC[C@]13C)=N\OCc1ccc(Oc2ccccc2)cc1. The van der Waals surface area contributed by atoms with E-state index in [1.807, 2.05) is 54.6 Å². The van der Waals surface area contributed by atoms with Gasteiger partial charge in [0.1, 0.15) is 18.1 Å². The Morgan fingerprint density at radius 1 is 0.970 bits per heavy atom. The molecule has 0 radical (unpaired) electrons. The second-order valence-corrected chi connectivity index (χ2v) is 11.2. The first kappa shape index (κ1) is 22.3. The van der Waals surface area contributed by atoms with E-state index in [9.17, 15) is 0 Å². The zero-order chi connectivity index (χ0) is 23.1. The van der Waals surface area contributed by atoms with Crippen LogP contribution >= 0.6 is 0 Å². The van der Waals surface area contributed by atoms with Crippen LogP contribution in [0.4, 0.5) is 0 Å². The summed E-state index contributed by atoms with van der Waals surface area (Å²) in [5.41, 5.74) is 4.54. The Bertz CT molecular complexity index is 1040. The van der Waals surface area contributed by atoms with Gasteiger partial charge >= 0.3 is 0 Å². The molecule has 2 aromatic carbocycles. The van der Waals surface area contributed by atoms with Gasteiger partial charge in [0.15, 0.2) is 0 Å². The van der Waals surface area contributed by atoms with Gasteiger partial charge in [0.2, 0.25) is 0 Å². The van der Waals surface area contributed by atoms with Crippen molar-refractivity contribution in [2.24, 2.45) is 33.7 Å². The summed E-state index contributed by atoms with van der Waals surface area (Å²) >= 11 is 0. The number of nitrogens with zero attached hydrogens (tertiary/aromatic N) is 1. The highest BCUT2D eigenvalue weighted by Crippen LogP contribution is 2.70. The van der Waals surface area contributed by atoms with Crippen molar-refractivity contribution < 1.29 is 9.57 Å². The van der Waals surface area contributed by atoms with Crippen LogP contribution in [0.1, 0.15) is 65.4 Å². The van der Waals surface area contributed by atoms with E-state index in [-0.39, 0.29) is 0 Å². The van der Waals surface area contributed by atoms with E-state index in [4.69, 9.17) is 9.57 Å². The van der Waals surface area contributed by atoms with Crippen LogP contribution in [0.25, 0.3) is 0 Å². The zero-order valence-electron chi connectivity index (χ0n) is 20.5. The molecule has 3 nitrogen and oxygen atoms in total. The fraction of sp³-hybridized carbons (Fsp3) is 0.500. The van der Waals surface area contributed by atoms with E-state index >= 15 is 0 Å². The molecule has 3 saturated carbocycles. The molecule has 0 N–H and O–H groups in total. The molecular weight excluding hydrogens is 406 g/mol.